The van der Waals surface area contributed by atoms with E-state index in [-0.39, 0.29) is 11.1 Å². The Labute approximate surface area is 119 Å². The van der Waals surface area contributed by atoms with E-state index in [1.54, 1.807) is 13.1 Å². The van der Waals surface area contributed by atoms with Crippen molar-refractivity contribution in [3.63, 3.8) is 0 Å². The number of thiazole rings is 1. The highest BCUT2D eigenvalue weighted by molar-refractivity contribution is 7.07. The van der Waals surface area contributed by atoms with Crippen molar-refractivity contribution in [2.75, 3.05) is 0 Å². The number of rotatable bonds is 1. The Morgan fingerprint density at radius 3 is 2.55 bits per heavy atom. The zero-order valence-electron chi connectivity index (χ0n) is 11.0. The molecule has 0 aliphatic heterocycles. The summed E-state index contributed by atoms with van der Waals surface area (Å²) in [5, 5.41) is 17.8. The van der Waals surface area contributed by atoms with Crippen molar-refractivity contribution in [1.82, 2.24) is 4.57 Å². The molecular weight excluding hydrogens is 270 g/mol. The molecule has 0 saturated heterocycles. The molecule has 1 aromatic heterocycles. The molecule has 2 aromatic rings. The number of nitrogens with zero attached hydrogens (tertiary/aromatic N) is 3. The lowest BCUT2D eigenvalue weighted by atomic mass is 10.1. The molecule has 1 aromatic carbocycles. The van der Waals surface area contributed by atoms with E-state index >= 15 is 0 Å². The van der Waals surface area contributed by atoms with E-state index in [0.717, 1.165) is 22.5 Å². The molecule has 4 nitrogen and oxygen atoms in total. The molecule has 5 heteroatoms. The first kappa shape index (κ1) is 13.8. The quantitative estimate of drug-likeness (QED) is 0.775. The summed E-state index contributed by atoms with van der Waals surface area (Å²) in [6.45, 7) is 1.97. The minimum absolute atomic E-state index is 0.0426. The topological polar surface area (TPSA) is 69.6 Å². The van der Waals surface area contributed by atoms with E-state index in [0.29, 0.717) is 9.20 Å². The normalized spacial score (nSPS) is 10.9. The van der Waals surface area contributed by atoms with E-state index in [4.69, 9.17) is 10.5 Å². The summed E-state index contributed by atoms with van der Waals surface area (Å²) in [4.78, 5) is 12.2. The van der Waals surface area contributed by atoms with Crippen LogP contribution in [0.1, 0.15) is 11.1 Å². The second kappa shape index (κ2) is 5.56. The summed E-state index contributed by atoms with van der Waals surface area (Å²) in [5.74, 6) is 0. The first-order chi connectivity index (χ1) is 9.58. The number of hydrogen-bond donors (Lipinski definition) is 0. The van der Waals surface area contributed by atoms with Crippen LogP contribution in [-0.4, -0.2) is 4.57 Å². The standard InChI is InChI=1S/C15H11N3OS/c1-10-5-3-4-6-11(10)7-13-14(19)18(2)15(20-13)12(8-16)9-17/h3-7H,1-2H3/b13-7-. The van der Waals surface area contributed by atoms with E-state index in [2.05, 4.69) is 0 Å². The van der Waals surface area contributed by atoms with Gasteiger partial charge in [-0.05, 0) is 24.1 Å². The van der Waals surface area contributed by atoms with Gasteiger partial charge in [-0.1, -0.05) is 24.3 Å². The van der Waals surface area contributed by atoms with Crippen LogP contribution in [0.5, 0.6) is 0 Å². The molecular formula is C15H11N3OS. The Bertz CT molecular complexity index is 904. The zero-order chi connectivity index (χ0) is 14.7. The van der Waals surface area contributed by atoms with Crippen LogP contribution in [0.3, 0.4) is 0 Å². The molecule has 98 valence electrons. The van der Waals surface area contributed by atoms with Crippen molar-refractivity contribution in [3.8, 4) is 12.1 Å². The van der Waals surface area contributed by atoms with Gasteiger partial charge in [0.25, 0.3) is 5.56 Å². The third kappa shape index (κ3) is 2.40. The maximum absolute atomic E-state index is 12.2. The molecule has 1 heterocycles. The SMILES string of the molecule is Cc1ccccc1/C=c1\sc(=C(C#N)C#N)n(C)c1=O. The van der Waals surface area contributed by atoms with Crippen molar-refractivity contribution in [1.29, 1.82) is 10.5 Å². The average molecular weight is 281 g/mol. The molecule has 0 fully saturated rings. The summed E-state index contributed by atoms with van der Waals surface area (Å²) < 4.78 is 2.25. The Hall–Kier alpha value is -2.63. The van der Waals surface area contributed by atoms with Gasteiger partial charge in [-0.25, -0.2) is 0 Å². The summed E-state index contributed by atoms with van der Waals surface area (Å²) in [6, 6.07) is 11.4. The molecule has 0 N–H and O–H groups in total. The number of aryl methyl sites for hydroxylation is 1. The van der Waals surface area contributed by atoms with Gasteiger partial charge in [-0.2, -0.15) is 10.5 Å². The van der Waals surface area contributed by atoms with Gasteiger partial charge in [-0.3, -0.25) is 4.79 Å². The van der Waals surface area contributed by atoms with Gasteiger partial charge in [-0.15, -0.1) is 11.3 Å². The molecule has 0 unspecified atom stereocenters. The lowest BCUT2D eigenvalue weighted by Gasteiger charge is -1.96. The molecule has 0 spiro atoms. The highest BCUT2D eigenvalue weighted by Gasteiger charge is 2.05. The molecule has 20 heavy (non-hydrogen) atoms. The number of aromatic nitrogens is 1. The number of hydrogen-bond acceptors (Lipinski definition) is 4. The van der Waals surface area contributed by atoms with Gasteiger partial charge in [0, 0.05) is 7.05 Å². The molecule has 2 rings (SSSR count). The summed E-state index contributed by atoms with van der Waals surface area (Å²) >= 11 is 1.16. The van der Waals surface area contributed by atoms with E-state index in [1.165, 1.54) is 4.57 Å². The number of nitriles is 2. The lowest BCUT2D eigenvalue weighted by Crippen LogP contribution is -2.29. The van der Waals surface area contributed by atoms with Gasteiger partial charge >= 0.3 is 0 Å². The predicted molar refractivity (Wildman–Crippen MR) is 78.2 cm³/mol. The fourth-order valence-corrected chi connectivity index (χ4v) is 2.83. The summed E-state index contributed by atoms with van der Waals surface area (Å²) in [6.07, 6.45) is 1.79. The fourth-order valence-electron chi connectivity index (χ4n) is 1.79. The van der Waals surface area contributed by atoms with Crippen LogP contribution in [-0.2, 0) is 7.05 Å². The molecule has 0 bridgehead atoms. The molecule has 0 atom stereocenters. The summed E-state index contributed by atoms with van der Waals surface area (Å²) in [7, 11) is 1.57. The minimum Gasteiger partial charge on any atom is -0.300 e. The Kier molecular flexibility index (Phi) is 3.84. The molecule has 0 amide bonds. The molecule has 0 saturated carbocycles. The largest absolute Gasteiger partial charge is 0.300 e. The second-order valence-corrected chi connectivity index (χ2v) is 5.27. The van der Waals surface area contributed by atoms with Crippen molar-refractivity contribution in [3.05, 3.63) is 54.9 Å². The van der Waals surface area contributed by atoms with Crippen LogP contribution in [0.25, 0.3) is 11.6 Å². The molecule has 0 aliphatic carbocycles. The van der Waals surface area contributed by atoms with Gasteiger partial charge in [0.15, 0.2) is 5.57 Å². The van der Waals surface area contributed by atoms with Gasteiger partial charge in [0.2, 0.25) is 0 Å². The Morgan fingerprint density at radius 1 is 1.30 bits per heavy atom. The van der Waals surface area contributed by atoms with Gasteiger partial charge < -0.3 is 4.57 Å². The predicted octanol–water partition coefficient (Wildman–Crippen LogP) is 0.782. The van der Waals surface area contributed by atoms with Gasteiger partial charge in [0.05, 0.1) is 4.53 Å². The first-order valence-corrected chi connectivity index (χ1v) is 6.68. The smallest absolute Gasteiger partial charge is 0.268 e. The third-order valence-corrected chi connectivity index (χ3v) is 4.12. The fraction of sp³-hybridized carbons (Fsp3) is 0.133. The van der Waals surface area contributed by atoms with Crippen molar-refractivity contribution < 1.29 is 0 Å². The minimum atomic E-state index is -0.198. The van der Waals surface area contributed by atoms with Crippen molar-refractivity contribution in [2.45, 2.75) is 6.92 Å². The average Bonchev–Trinajstić information content (AvgIpc) is 2.72. The lowest BCUT2D eigenvalue weighted by molar-refractivity contribution is 0.855. The second-order valence-electron chi connectivity index (χ2n) is 4.24. The molecule has 0 radical (unpaired) electrons. The zero-order valence-corrected chi connectivity index (χ0v) is 11.9. The van der Waals surface area contributed by atoms with Crippen molar-refractivity contribution in [2.24, 2.45) is 7.05 Å². The van der Waals surface area contributed by atoms with Crippen molar-refractivity contribution >= 4 is 23.0 Å². The third-order valence-electron chi connectivity index (χ3n) is 2.94. The van der Waals surface area contributed by atoms with Crippen LogP contribution in [0, 0.1) is 29.6 Å². The highest BCUT2D eigenvalue weighted by atomic mass is 32.1. The van der Waals surface area contributed by atoms with Crippen LogP contribution >= 0.6 is 11.3 Å². The van der Waals surface area contributed by atoms with Gasteiger partial charge in [0.1, 0.15) is 16.8 Å². The number of benzene rings is 1. The van der Waals surface area contributed by atoms with E-state index in [1.807, 2.05) is 43.3 Å². The monoisotopic (exact) mass is 281 g/mol. The maximum atomic E-state index is 12.2. The van der Waals surface area contributed by atoms with E-state index in [9.17, 15) is 4.79 Å². The maximum Gasteiger partial charge on any atom is 0.268 e. The van der Waals surface area contributed by atoms with Crippen LogP contribution in [0.4, 0.5) is 0 Å². The van der Waals surface area contributed by atoms with Crippen LogP contribution in [0.2, 0.25) is 0 Å². The Morgan fingerprint density at radius 2 is 1.95 bits per heavy atom. The van der Waals surface area contributed by atoms with Crippen LogP contribution in [0.15, 0.2) is 29.1 Å². The Balaban J connectivity index is 2.82. The summed E-state index contributed by atoms with van der Waals surface area (Å²) in [5.41, 5.74) is 1.78. The molecule has 0 aliphatic rings. The van der Waals surface area contributed by atoms with E-state index < -0.39 is 0 Å². The van der Waals surface area contributed by atoms with Crippen LogP contribution < -0.4 is 14.8 Å². The first-order valence-electron chi connectivity index (χ1n) is 5.86. The highest BCUT2D eigenvalue weighted by Crippen LogP contribution is 2.06.